The number of nitrogens with zero attached hydrogens (tertiary/aromatic N) is 1. The van der Waals surface area contributed by atoms with Gasteiger partial charge in [-0.2, -0.15) is 0 Å². The molecule has 0 atom stereocenters. The molecule has 0 heterocycles. The Morgan fingerprint density at radius 3 is 2.81 bits per heavy atom. The molecule has 0 aliphatic carbocycles. The molecule has 1 rings (SSSR count). The van der Waals surface area contributed by atoms with E-state index in [9.17, 15) is 4.79 Å². The standard InChI is InChI=1S/C11H16N3O.Pd/c1-14(2)7-6-13-11(15)9-4-3-5-10(12)8-9;/h3-5,8,12H,6-7H2,1-2H3,(H,13,15);/q-1;+1. The predicted octanol–water partition coefficient (Wildman–Crippen LogP) is 0.852. The van der Waals surface area contributed by atoms with Crippen molar-refractivity contribution >= 4 is 11.6 Å². The van der Waals surface area contributed by atoms with E-state index in [4.69, 9.17) is 0 Å². The van der Waals surface area contributed by atoms with Gasteiger partial charge in [-0.1, -0.05) is 0 Å². The minimum atomic E-state index is -0.0454. The van der Waals surface area contributed by atoms with Crippen LogP contribution < -0.4 is 9.27 Å². The van der Waals surface area contributed by atoms with E-state index in [0.717, 1.165) is 12.2 Å². The molecule has 0 aliphatic rings. The first-order valence-electron chi connectivity index (χ1n) is 5.00. The van der Waals surface area contributed by atoms with Crippen molar-refractivity contribution in [2.45, 2.75) is 0 Å². The van der Waals surface area contributed by atoms with E-state index in [0.29, 0.717) is 12.1 Å². The van der Waals surface area contributed by atoms with Crippen LogP contribution in [0.1, 0.15) is 10.4 Å². The quantitative estimate of drug-likeness (QED) is 0.793. The van der Waals surface area contributed by atoms with Gasteiger partial charge in [-0.15, -0.1) is 0 Å². The van der Waals surface area contributed by atoms with Crippen LogP contribution in [0.5, 0.6) is 0 Å². The third-order valence-corrected chi connectivity index (χ3v) is 2.51. The van der Waals surface area contributed by atoms with E-state index in [2.05, 4.69) is 28.7 Å². The van der Waals surface area contributed by atoms with Crippen molar-refractivity contribution in [2.75, 3.05) is 31.1 Å². The zero-order valence-electron chi connectivity index (χ0n) is 9.40. The topological polar surface area (TPSA) is 44.4 Å². The average Bonchev–Trinajstić information content (AvgIpc) is 2.28. The predicted molar refractivity (Wildman–Crippen MR) is 61.0 cm³/mol. The van der Waals surface area contributed by atoms with Crippen LogP contribution in [-0.4, -0.2) is 38.0 Å². The molecular weight excluding hydrogens is 297 g/mol. The molecule has 1 aromatic rings. The summed E-state index contributed by atoms with van der Waals surface area (Å²) < 4.78 is 2.86. The van der Waals surface area contributed by atoms with E-state index in [-0.39, 0.29) is 5.91 Å². The van der Waals surface area contributed by atoms with Crippen LogP contribution in [0, 0.1) is 0 Å². The van der Waals surface area contributed by atoms with Crippen LogP contribution in [-0.2, 0) is 19.4 Å². The second-order valence-electron chi connectivity index (χ2n) is 3.72. The SMILES string of the molecule is CN(C)CCNC(=O)c1cccc([NH][Pd])c1. The first-order chi connectivity index (χ1) is 7.63. The Labute approximate surface area is 107 Å². The molecule has 0 saturated heterocycles. The van der Waals surface area contributed by atoms with Crippen molar-refractivity contribution in [3.05, 3.63) is 29.8 Å². The molecular formula is C11H16N3OPd. The second kappa shape index (κ2) is 6.64. The van der Waals surface area contributed by atoms with Gasteiger partial charge in [0.15, 0.2) is 0 Å². The van der Waals surface area contributed by atoms with Crippen LogP contribution in [0.25, 0.3) is 0 Å². The number of likely N-dealkylation sites (N-methyl/N-ethyl adjacent to an activating group) is 1. The number of hydrogen-bond acceptors (Lipinski definition) is 3. The Kier molecular flexibility index (Phi) is 5.47. The van der Waals surface area contributed by atoms with E-state index < -0.39 is 0 Å². The maximum atomic E-state index is 11.7. The molecule has 0 aromatic heterocycles. The summed E-state index contributed by atoms with van der Waals surface area (Å²) in [4.78, 5) is 13.8. The summed E-state index contributed by atoms with van der Waals surface area (Å²) in [5, 5.41) is 2.86. The van der Waals surface area contributed by atoms with Gasteiger partial charge in [0, 0.05) is 0 Å². The van der Waals surface area contributed by atoms with Gasteiger partial charge in [0.2, 0.25) is 0 Å². The summed E-state index contributed by atoms with van der Waals surface area (Å²) in [5.74, 6) is -0.0454. The molecule has 2 N–H and O–H groups in total. The fraction of sp³-hybridized carbons (Fsp3) is 0.364. The fourth-order valence-electron chi connectivity index (χ4n) is 1.20. The number of amides is 1. The Hall–Kier alpha value is -0.888. The van der Waals surface area contributed by atoms with Crippen molar-refractivity contribution in [2.24, 2.45) is 0 Å². The normalized spacial score (nSPS) is 10.3. The first-order valence-corrected chi connectivity index (χ1v) is 5.78. The molecule has 91 valence electrons. The van der Waals surface area contributed by atoms with Crippen molar-refractivity contribution in [3.8, 4) is 0 Å². The molecule has 0 saturated carbocycles. The fourth-order valence-corrected chi connectivity index (χ4v) is 1.45. The molecule has 1 amide bonds. The van der Waals surface area contributed by atoms with Gasteiger partial charge in [-0.05, 0) is 0 Å². The number of rotatable bonds is 5. The number of benzene rings is 1. The average molecular weight is 313 g/mol. The summed E-state index contributed by atoms with van der Waals surface area (Å²) in [5.41, 5.74) is 1.54. The van der Waals surface area contributed by atoms with Crippen LogP contribution in [0.2, 0.25) is 0 Å². The Bertz CT molecular complexity index is 355. The van der Waals surface area contributed by atoms with Crippen LogP contribution in [0.15, 0.2) is 24.3 Å². The summed E-state index contributed by atoms with van der Waals surface area (Å²) >= 11 is 2.87. The monoisotopic (exact) mass is 312 g/mol. The molecule has 5 heteroatoms. The molecule has 0 bridgehead atoms. The van der Waals surface area contributed by atoms with Crippen molar-refractivity contribution in [3.63, 3.8) is 0 Å². The molecule has 4 nitrogen and oxygen atoms in total. The van der Waals surface area contributed by atoms with Crippen LogP contribution in [0.3, 0.4) is 0 Å². The zero-order chi connectivity index (χ0) is 12.0. The van der Waals surface area contributed by atoms with Crippen LogP contribution in [0.4, 0.5) is 5.69 Å². The van der Waals surface area contributed by atoms with Gasteiger partial charge in [-0.3, -0.25) is 0 Å². The molecule has 0 fully saturated rings. The van der Waals surface area contributed by atoms with Crippen molar-refractivity contribution < 1.29 is 24.2 Å². The Morgan fingerprint density at radius 1 is 1.44 bits per heavy atom. The first kappa shape index (κ1) is 13.2. The minimum absolute atomic E-state index is 0.0454. The molecule has 0 radical (unpaired) electrons. The van der Waals surface area contributed by atoms with E-state index >= 15 is 0 Å². The number of anilines is 1. The summed E-state index contributed by atoms with van der Waals surface area (Å²) in [6.45, 7) is 1.49. The number of carbonyl (C=O) groups excluding carboxylic acids is 1. The van der Waals surface area contributed by atoms with Gasteiger partial charge in [-0.25, -0.2) is 0 Å². The number of nitrogens with one attached hydrogen (secondary N) is 2. The van der Waals surface area contributed by atoms with Gasteiger partial charge in [0.25, 0.3) is 0 Å². The van der Waals surface area contributed by atoms with E-state index in [1.54, 1.807) is 12.1 Å². The third-order valence-electron chi connectivity index (χ3n) is 2.06. The molecule has 1 aromatic carbocycles. The van der Waals surface area contributed by atoms with Crippen molar-refractivity contribution in [1.82, 2.24) is 10.2 Å². The summed E-state index contributed by atoms with van der Waals surface area (Å²) in [6, 6.07) is 7.33. The number of carbonyl (C=O) groups is 1. The third kappa shape index (κ3) is 4.32. The molecule has 0 spiro atoms. The van der Waals surface area contributed by atoms with Gasteiger partial charge in [0.1, 0.15) is 0 Å². The number of hydrogen-bond donors (Lipinski definition) is 2. The molecule has 0 unspecified atom stereocenters. The van der Waals surface area contributed by atoms with Crippen molar-refractivity contribution in [1.29, 1.82) is 0 Å². The Morgan fingerprint density at radius 2 is 2.19 bits per heavy atom. The van der Waals surface area contributed by atoms with Gasteiger partial charge >= 0.3 is 107 Å². The zero-order valence-corrected chi connectivity index (χ0v) is 10.9. The Balaban J connectivity index is 2.52. The van der Waals surface area contributed by atoms with Crippen LogP contribution >= 0.6 is 0 Å². The second-order valence-corrected chi connectivity index (χ2v) is 4.11. The van der Waals surface area contributed by atoms with E-state index in [1.165, 1.54) is 0 Å². The van der Waals surface area contributed by atoms with Gasteiger partial charge in [0.05, 0.1) is 0 Å². The van der Waals surface area contributed by atoms with E-state index in [1.807, 2.05) is 31.1 Å². The molecule has 16 heavy (non-hydrogen) atoms. The summed E-state index contributed by atoms with van der Waals surface area (Å²) in [7, 11) is 3.95. The maximum absolute atomic E-state index is 11.7. The summed E-state index contributed by atoms with van der Waals surface area (Å²) in [6.07, 6.45) is 0. The molecule has 0 aliphatic heterocycles. The van der Waals surface area contributed by atoms with Gasteiger partial charge < -0.3 is 0 Å².